The van der Waals surface area contributed by atoms with Crippen LogP contribution in [0.2, 0.25) is 0 Å². The highest BCUT2D eigenvalue weighted by Crippen LogP contribution is 2.50. The molecule has 1 aromatic rings. The minimum absolute atomic E-state index is 0.118. The molecule has 1 N–H and O–H groups in total. The molecule has 166 valence electrons. The Morgan fingerprint density at radius 1 is 1.25 bits per heavy atom. The molecule has 0 radical (unpaired) electrons. The number of hydrogen-bond donors (Lipinski definition) is 1. The largest absolute Gasteiger partial charge is 0.455 e. The molecule has 1 aromatic carbocycles. The van der Waals surface area contributed by atoms with Gasteiger partial charge in [0, 0.05) is 31.1 Å². The van der Waals surface area contributed by atoms with Crippen molar-refractivity contribution in [2.75, 3.05) is 13.3 Å². The minimum Gasteiger partial charge on any atom is -0.455 e. The first kappa shape index (κ1) is 20.8. The summed E-state index contributed by atoms with van der Waals surface area (Å²) in [7, 11) is 0. The molecule has 6 heteroatoms. The van der Waals surface area contributed by atoms with E-state index in [4.69, 9.17) is 14.2 Å². The van der Waals surface area contributed by atoms with Crippen LogP contribution in [-0.4, -0.2) is 47.6 Å². The molecule has 0 spiro atoms. The van der Waals surface area contributed by atoms with Gasteiger partial charge in [0.15, 0.2) is 11.5 Å². The van der Waals surface area contributed by atoms with Crippen molar-refractivity contribution in [1.29, 1.82) is 0 Å². The number of rotatable bonds is 5. The fourth-order valence-electron chi connectivity index (χ4n) is 5.31. The van der Waals surface area contributed by atoms with Crippen LogP contribution in [0.1, 0.15) is 30.4 Å². The summed E-state index contributed by atoms with van der Waals surface area (Å²) in [6.45, 7) is 7.55. The number of benzene rings is 1. The second kappa shape index (κ2) is 8.45. The van der Waals surface area contributed by atoms with Crippen LogP contribution in [0.25, 0.3) is 0 Å². The molecule has 4 atom stereocenters. The van der Waals surface area contributed by atoms with Crippen molar-refractivity contribution in [1.82, 2.24) is 4.90 Å². The predicted octanol–water partition coefficient (Wildman–Crippen LogP) is 3.54. The molecule has 0 saturated carbocycles. The van der Waals surface area contributed by atoms with Gasteiger partial charge in [-0.3, -0.25) is 4.90 Å². The standard InChI is InChI=1S/C26H27NO5/c1-3-5-16(6-4-2)7-8-23(29)32-26-20(28)11-17-9-10-27-14-18-12-21-22(31-15-30-21)13-19(18)24(26)25(17)27/h3-8,11-13,20,24-26,28H,1,9-10,14-15H2,2H3/b6-4-,8-7+,16-5+/t20?,24?,25?,26-/m1/s1. The molecular weight excluding hydrogens is 406 g/mol. The second-order valence-electron chi connectivity index (χ2n) is 8.46. The van der Waals surface area contributed by atoms with Crippen LogP contribution >= 0.6 is 0 Å². The summed E-state index contributed by atoms with van der Waals surface area (Å²) in [4.78, 5) is 15.1. The topological polar surface area (TPSA) is 68.2 Å². The van der Waals surface area contributed by atoms with E-state index in [1.807, 2.05) is 43.4 Å². The van der Waals surface area contributed by atoms with Crippen LogP contribution in [0, 0.1) is 0 Å². The van der Waals surface area contributed by atoms with E-state index in [0.29, 0.717) is 5.75 Å². The molecule has 1 saturated heterocycles. The van der Waals surface area contributed by atoms with E-state index in [1.165, 1.54) is 11.6 Å². The lowest BCUT2D eigenvalue weighted by Gasteiger charge is -2.45. The zero-order valence-electron chi connectivity index (χ0n) is 18.1. The van der Waals surface area contributed by atoms with Crippen LogP contribution < -0.4 is 9.47 Å². The lowest BCUT2D eigenvalue weighted by molar-refractivity contribution is -0.151. The zero-order chi connectivity index (χ0) is 22.2. The Morgan fingerprint density at radius 2 is 2.06 bits per heavy atom. The van der Waals surface area contributed by atoms with E-state index >= 15 is 0 Å². The molecule has 0 bridgehead atoms. The van der Waals surface area contributed by atoms with Gasteiger partial charge < -0.3 is 19.3 Å². The average molecular weight is 434 g/mol. The maximum absolute atomic E-state index is 12.7. The van der Waals surface area contributed by atoms with Gasteiger partial charge in [0.1, 0.15) is 12.2 Å². The lowest BCUT2D eigenvalue weighted by Crippen LogP contribution is -2.51. The average Bonchev–Trinajstić information content (AvgIpc) is 3.40. The molecule has 1 fully saturated rings. The van der Waals surface area contributed by atoms with Crippen LogP contribution in [-0.2, 0) is 16.1 Å². The Hall–Kier alpha value is -3.09. The first-order chi connectivity index (χ1) is 15.6. The number of aliphatic hydroxyl groups is 1. The van der Waals surface area contributed by atoms with Crippen molar-refractivity contribution in [3.8, 4) is 11.5 Å². The summed E-state index contributed by atoms with van der Waals surface area (Å²) < 4.78 is 17.1. The maximum Gasteiger partial charge on any atom is 0.331 e. The monoisotopic (exact) mass is 433 g/mol. The highest BCUT2D eigenvalue weighted by atomic mass is 16.7. The van der Waals surface area contributed by atoms with Gasteiger partial charge >= 0.3 is 5.97 Å². The molecule has 6 nitrogen and oxygen atoms in total. The molecule has 3 aliphatic heterocycles. The zero-order valence-corrected chi connectivity index (χ0v) is 18.1. The summed E-state index contributed by atoms with van der Waals surface area (Å²) in [6.07, 6.45) is 11.6. The van der Waals surface area contributed by atoms with Crippen molar-refractivity contribution >= 4 is 5.97 Å². The number of ether oxygens (including phenoxy) is 3. The third-order valence-electron chi connectivity index (χ3n) is 6.58. The van der Waals surface area contributed by atoms with E-state index in [-0.39, 0.29) is 18.8 Å². The van der Waals surface area contributed by atoms with E-state index in [1.54, 1.807) is 12.2 Å². The van der Waals surface area contributed by atoms with Gasteiger partial charge in [-0.1, -0.05) is 42.5 Å². The summed E-state index contributed by atoms with van der Waals surface area (Å²) in [5, 5.41) is 11.0. The summed E-state index contributed by atoms with van der Waals surface area (Å²) in [6, 6.07) is 4.15. The molecule has 5 rings (SSSR count). The Labute approximate surface area is 187 Å². The molecule has 1 aliphatic carbocycles. The van der Waals surface area contributed by atoms with Crippen molar-refractivity contribution in [2.24, 2.45) is 0 Å². The number of nitrogens with zero attached hydrogens (tertiary/aromatic N) is 1. The molecule has 3 heterocycles. The maximum atomic E-state index is 12.7. The Kier molecular flexibility index (Phi) is 5.49. The number of allylic oxidation sites excluding steroid dienone is 6. The molecule has 4 aliphatic rings. The lowest BCUT2D eigenvalue weighted by atomic mass is 9.73. The van der Waals surface area contributed by atoms with Crippen molar-refractivity contribution < 1.29 is 24.1 Å². The van der Waals surface area contributed by atoms with Gasteiger partial charge in [-0.2, -0.15) is 0 Å². The van der Waals surface area contributed by atoms with Crippen molar-refractivity contribution in [2.45, 2.75) is 44.1 Å². The highest BCUT2D eigenvalue weighted by molar-refractivity contribution is 5.83. The van der Waals surface area contributed by atoms with Crippen LogP contribution in [0.3, 0.4) is 0 Å². The number of esters is 1. The predicted molar refractivity (Wildman–Crippen MR) is 120 cm³/mol. The Bertz CT molecular complexity index is 1070. The van der Waals surface area contributed by atoms with Gasteiger partial charge in [-0.05, 0) is 48.3 Å². The van der Waals surface area contributed by atoms with Gasteiger partial charge in [0.05, 0.1) is 0 Å². The number of carbonyl (C=O) groups is 1. The minimum atomic E-state index is -0.862. The number of carbonyl (C=O) groups excluding carboxylic acids is 1. The van der Waals surface area contributed by atoms with Gasteiger partial charge in [0.25, 0.3) is 0 Å². The summed E-state index contributed by atoms with van der Waals surface area (Å²) >= 11 is 0. The number of hydrogen-bond acceptors (Lipinski definition) is 6. The van der Waals surface area contributed by atoms with E-state index in [0.717, 1.165) is 42.0 Å². The van der Waals surface area contributed by atoms with Crippen molar-refractivity contribution in [3.63, 3.8) is 0 Å². The molecule has 0 amide bonds. The molecule has 3 unspecified atom stereocenters. The summed E-state index contributed by atoms with van der Waals surface area (Å²) in [5.41, 5.74) is 4.25. The normalized spacial score (nSPS) is 28.6. The first-order valence-corrected chi connectivity index (χ1v) is 11.0. The SMILES string of the molecule is C=C/C=C(\C=C/C)/C=C/C(=O)O[C@@H]1C(O)C=C2CCN3Cc4cc5c(cc4C1C23)OCO5. The smallest absolute Gasteiger partial charge is 0.331 e. The van der Waals surface area contributed by atoms with Crippen LogP contribution in [0.15, 0.2) is 72.4 Å². The molecule has 0 aromatic heterocycles. The first-order valence-electron chi connectivity index (χ1n) is 11.0. The van der Waals surface area contributed by atoms with Gasteiger partial charge in [0.2, 0.25) is 6.79 Å². The fourth-order valence-corrected chi connectivity index (χ4v) is 5.31. The van der Waals surface area contributed by atoms with E-state index < -0.39 is 18.2 Å². The van der Waals surface area contributed by atoms with Gasteiger partial charge in [-0.15, -0.1) is 0 Å². The summed E-state index contributed by atoms with van der Waals surface area (Å²) in [5.74, 6) is 0.802. The third kappa shape index (κ3) is 3.59. The molecular formula is C26H27NO5. The number of aliphatic hydroxyl groups excluding tert-OH is 1. The van der Waals surface area contributed by atoms with Crippen molar-refractivity contribution in [3.05, 3.63) is 83.5 Å². The van der Waals surface area contributed by atoms with Crippen LogP contribution in [0.5, 0.6) is 11.5 Å². The van der Waals surface area contributed by atoms with E-state index in [9.17, 15) is 9.90 Å². The number of fused-ring (bicyclic) bond motifs is 3. The Balaban J connectivity index is 1.47. The van der Waals surface area contributed by atoms with Gasteiger partial charge in [-0.25, -0.2) is 4.79 Å². The second-order valence-corrected chi connectivity index (χ2v) is 8.46. The quantitative estimate of drug-likeness (QED) is 0.332. The molecule has 32 heavy (non-hydrogen) atoms. The van der Waals surface area contributed by atoms with Crippen LogP contribution in [0.4, 0.5) is 0 Å². The third-order valence-corrected chi connectivity index (χ3v) is 6.58. The fraction of sp³-hybridized carbons (Fsp3) is 0.346. The Morgan fingerprint density at radius 3 is 2.84 bits per heavy atom. The highest BCUT2D eigenvalue weighted by Gasteiger charge is 2.50. The van der Waals surface area contributed by atoms with E-state index in [2.05, 4.69) is 11.5 Å².